The number of rotatable bonds is 4. The third kappa shape index (κ3) is 3.77. The van der Waals surface area contributed by atoms with Crippen LogP contribution < -0.4 is 5.73 Å². The molecule has 0 bridgehead atoms. The summed E-state index contributed by atoms with van der Waals surface area (Å²) in [5.74, 6) is 0.0537. The van der Waals surface area contributed by atoms with E-state index < -0.39 is 0 Å². The van der Waals surface area contributed by atoms with Gasteiger partial charge in [0.25, 0.3) is 5.91 Å². The Kier molecular flexibility index (Phi) is 5.65. The van der Waals surface area contributed by atoms with Crippen molar-refractivity contribution in [3.05, 3.63) is 28.2 Å². The van der Waals surface area contributed by atoms with E-state index in [4.69, 9.17) is 5.73 Å². The predicted octanol–water partition coefficient (Wildman–Crippen LogP) is 2.98. The van der Waals surface area contributed by atoms with Crippen LogP contribution in [-0.4, -0.2) is 47.9 Å². The third-order valence-corrected chi connectivity index (χ3v) is 4.82. The quantitative estimate of drug-likeness (QED) is 0.846. The molecular formula is C16H24BrN3O. The normalized spacial score (nSPS) is 16.5. The van der Waals surface area contributed by atoms with Crippen molar-refractivity contribution in [2.24, 2.45) is 0 Å². The first-order valence-corrected chi connectivity index (χ1v) is 8.44. The summed E-state index contributed by atoms with van der Waals surface area (Å²) in [6, 6.07) is 6.06. The molecule has 21 heavy (non-hydrogen) atoms. The summed E-state index contributed by atoms with van der Waals surface area (Å²) in [6.07, 6.45) is 2.09. The molecule has 5 heteroatoms. The number of hydrogen-bond acceptors (Lipinski definition) is 3. The van der Waals surface area contributed by atoms with Gasteiger partial charge in [-0.3, -0.25) is 4.79 Å². The molecule has 0 radical (unpaired) electrons. The highest BCUT2D eigenvalue weighted by Crippen LogP contribution is 2.23. The number of hydrogen-bond donors (Lipinski definition) is 1. The maximum Gasteiger partial charge on any atom is 0.255 e. The van der Waals surface area contributed by atoms with Gasteiger partial charge >= 0.3 is 0 Å². The number of anilines is 1. The van der Waals surface area contributed by atoms with E-state index in [9.17, 15) is 4.79 Å². The van der Waals surface area contributed by atoms with Gasteiger partial charge in [-0.2, -0.15) is 0 Å². The van der Waals surface area contributed by atoms with E-state index in [0.29, 0.717) is 17.3 Å². The minimum Gasteiger partial charge on any atom is -0.398 e. The van der Waals surface area contributed by atoms with Gasteiger partial charge in [-0.15, -0.1) is 0 Å². The number of halogens is 1. The molecule has 0 spiro atoms. The van der Waals surface area contributed by atoms with Crippen LogP contribution in [-0.2, 0) is 0 Å². The molecule has 0 aliphatic carbocycles. The first-order chi connectivity index (χ1) is 10.1. The van der Waals surface area contributed by atoms with E-state index in [0.717, 1.165) is 43.5 Å². The zero-order chi connectivity index (χ0) is 15.4. The van der Waals surface area contributed by atoms with Gasteiger partial charge in [-0.05, 0) is 44.1 Å². The molecule has 1 aliphatic rings. The van der Waals surface area contributed by atoms with Crippen LogP contribution in [0.4, 0.5) is 5.69 Å². The maximum absolute atomic E-state index is 12.6. The van der Waals surface area contributed by atoms with Crippen molar-refractivity contribution in [1.82, 2.24) is 9.80 Å². The van der Waals surface area contributed by atoms with E-state index in [1.54, 1.807) is 12.1 Å². The monoisotopic (exact) mass is 353 g/mol. The van der Waals surface area contributed by atoms with Crippen molar-refractivity contribution in [3.8, 4) is 0 Å². The molecule has 1 aromatic rings. The Morgan fingerprint density at radius 2 is 1.95 bits per heavy atom. The number of benzene rings is 1. The first kappa shape index (κ1) is 16.3. The van der Waals surface area contributed by atoms with Crippen LogP contribution in [0.25, 0.3) is 0 Å². The molecule has 1 aliphatic heterocycles. The fourth-order valence-corrected chi connectivity index (χ4v) is 3.45. The van der Waals surface area contributed by atoms with E-state index in [1.165, 1.54) is 0 Å². The smallest absolute Gasteiger partial charge is 0.255 e. The molecular weight excluding hydrogens is 330 g/mol. The van der Waals surface area contributed by atoms with Crippen LogP contribution in [0.2, 0.25) is 0 Å². The summed E-state index contributed by atoms with van der Waals surface area (Å²) in [5.41, 5.74) is 7.11. The largest absolute Gasteiger partial charge is 0.398 e. The van der Waals surface area contributed by atoms with E-state index in [1.807, 2.05) is 11.0 Å². The van der Waals surface area contributed by atoms with Crippen LogP contribution in [0.15, 0.2) is 22.7 Å². The summed E-state index contributed by atoms with van der Waals surface area (Å²) < 4.78 is 0.900. The Balaban J connectivity index is 2.00. The molecule has 0 unspecified atom stereocenters. The molecule has 1 amide bonds. The first-order valence-electron chi connectivity index (χ1n) is 7.65. The topological polar surface area (TPSA) is 49.6 Å². The molecule has 116 valence electrons. The summed E-state index contributed by atoms with van der Waals surface area (Å²) in [4.78, 5) is 17.0. The number of nitrogens with two attached hydrogens (primary N) is 1. The number of nitrogens with zero attached hydrogens (tertiary/aromatic N) is 2. The fraction of sp³-hybridized carbons (Fsp3) is 0.562. The second-order valence-corrected chi connectivity index (χ2v) is 6.39. The standard InChI is InChI=1S/C16H24BrN3O/c1-3-19(4-2)13-7-9-20(10-8-13)16(21)14-6-5-12(17)11-15(14)18/h5-6,11,13H,3-4,7-10,18H2,1-2H3. The lowest BCUT2D eigenvalue weighted by atomic mass is 10.0. The number of amides is 1. The Morgan fingerprint density at radius 3 is 2.48 bits per heavy atom. The van der Waals surface area contributed by atoms with E-state index >= 15 is 0 Å². The summed E-state index contributed by atoms with van der Waals surface area (Å²) in [5, 5.41) is 0. The van der Waals surface area contributed by atoms with Gasteiger partial charge in [-0.25, -0.2) is 0 Å². The van der Waals surface area contributed by atoms with Crippen LogP contribution in [0.1, 0.15) is 37.0 Å². The van der Waals surface area contributed by atoms with Gasteiger partial charge in [0.1, 0.15) is 0 Å². The lowest BCUT2D eigenvalue weighted by molar-refractivity contribution is 0.0632. The summed E-state index contributed by atoms with van der Waals surface area (Å²) in [7, 11) is 0. The Morgan fingerprint density at radius 1 is 1.33 bits per heavy atom. The minimum atomic E-state index is 0.0537. The van der Waals surface area contributed by atoms with E-state index in [-0.39, 0.29) is 5.91 Å². The Bertz CT molecular complexity index is 494. The van der Waals surface area contributed by atoms with Crippen molar-refractivity contribution in [2.75, 3.05) is 31.9 Å². The maximum atomic E-state index is 12.6. The van der Waals surface area contributed by atoms with Gasteiger partial charge in [0, 0.05) is 29.3 Å². The van der Waals surface area contributed by atoms with Crippen molar-refractivity contribution >= 4 is 27.5 Å². The van der Waals surface area contributed by atoms with Crippen LogP contribution in [0.5, 0.6) is 0 Å². The fourth-order valence-electron chi connectivity index (χ4n) is 3.07. The van der Waals surface area contributed by atoms with Crippen molar-refractivity contribution in [1.29, 1.82) is 0 Å². The van der Waals surface area contributed by atoms with Crippen LogP contribution in [0, 0.1) is 0 Å². The van der Waals surface area contributed by atoms with Gasteiger partial charge in [-0.1, -0.05) is 29.8 Å². The highest BCUT2D eigenvalue weighted by atomic mass is 79.9. The van der Waals surface area contributed by atoms with Crippen molar-refractivity contribution in [3.63, 3.8) is 0 Å². The van der Waals surface area contributed by atoms with Crippen LogP contribution in [0.3, 0.4) is 0 Å². The predicted molar refractivity (Wildman–Crippen MR) is 90.4 cm³/mol. The van der Waals surface area contributed by atoms with E-state index in [2.05, 4.69) is 34.7 Å². The molecule has 2 rings (SSSR count). The van der Waals surface area contributed by atoms with Crippen molar-refractivity contribution < 1.29 is 4.79 Å². The molecule has 1 fully saturated rings. The van der Waals surface area contributed by atoms with Crippen LogP contribution >= 0.6 is 15.9 Å². The lowest BCUT2D eigenvalue weighted by Gasteiger charge is -2.37. The number of nitrogen functional groups attached to an aromatic ring is 1. The second-order valence-electron chi connectivity index (χ2n) is 5.48. The zero-order valence-corrected chi connectivity index (χ0v) is 14.4. The highest BCUT2D eigenvalue weighted by Gasteiger charge is 2.26. The number of carbonyl (C=O) groups is 1. The zero-order valence-electron chi connectivity index (χ0n) is 12.8. The third-order valence-electron chi connectivity index (χ3n) is 4.32. The minimum absolute atomic E-state index is 0.0537. The lowest BCUT2D eigenvalue weighted by Crippen LogP contribution is -2.46. The molecule has 0 saturated carbocycles. The second kappa shape index (κ2) is 7.27. The molecule has 1 heterocycles. The average molecular weight is 354 g/mol. The number of likely N-dealkylation sites (tertiary alicyclic amines) is 1. The average Bonchev–Trinajstić information content (AvgIpc) is 2.48. The molecule has 1 aromatic carbocycles. The van der Waals surface area contributed by atoms with Gasteiger partial charge < -0.3 is 15.5 Å². The summed E-state index contributed by atoms with van der Waals surface area (Å²) in [6.45, 7) is 8.18. The number of piperidine rings is 1. The van der Waals surface area contributed by atoms with Gasteiger partial charge in [0.05, 0.1) is 5.56 Å². The summed E-state index contributed by atoms with van der Waals surface area (Å²) >= 11 is 3.37. The van der Waals surface area contributed by atoms with Crippen molar-refractivity contribution in [2.45, 2.75) is 32.7 Å². The Hall–Kier alpha value is -1.07. The molecule has 4 nitrogen and oxygen atoms in total. The van der Waals surface area contributed by atoms with Gasteiger partial charge in [0.15, 0.2) is 0 Å². The SMILES string of the molecule is CCN(CC)C1CCN(C(=O)c2ccc(Br)cc2N)CC1. The molecule has 0 atom stereocenters. The molecule has 0 aromatic heterocycles. The Labute approximate surface area is 135 Å². The highest BCUT2D eigenvalue weighted by molar-refractivity contribution is 9.10. The molecule has 2 N–H and O–H groups in total. The number of carbonyl (C=O) groups excluding carboxylic acids is 1. The van der Waals surface area contributed by atoms with Gasteiger partial charge in [0.2, 0.25) is 0 Å². The molecule has 1 saturated heterocycles.